The van der Waals surface area contributed by atoms with Crippen molar-refractivity contribution in [1.29, 1.82) is 0 Å². The molecule has 20 heavy (non-hydrogen) atoms. The maximum Gasteiger partial charge on any atom is 0.0345 e. The average Bonchev–Trinajstić information content (AvgIpc) is 2.91. The Balaban J connectivity index is 1.67. The summed E-state index contributed by atoms with van der Waals surface area (Å²) in [6.07, 6.45) is 5.33. The monoisotopic (exact) mass is 305 g/mol. The van der Waals surface area contributed by atoms with Gasteiger partial charge in [0.05, 0.1) is 0 Å². The molecule has 1 aliphatic heterocycles. The Morgan fingerprint density at radius 2 is 2.05 bits per heavy atom. The van der Waals surface area contributed by atoms with Crippen molar-refractivity contribution in [1.82, 2.24) is 5.32 Å². The molecule has 2 heterocycles. The zero-order valence-corrected chi connectivity index (χ0v) is 13.7. The lowest BCUT2D eigenvalue weighted by Gasteiger charge is -2.26. The van der Waals surface area contributed by atoms with Crippen molar-refractivity contribution >= 4 is 33.2 Å². The summed E-state index contributed by atoms with van der Waals surface area (Å²) < 4.78 is 1.42. The summed E-state index contributed by atoms with van der Waals surface area (Å²) in [7, 11) is 2.12. The molecule has 1 fully saturated rings. The molecule has 1 aliphatic rings. The van der Waals surface area contributed by atoms with Gasteiger partial charge >= 0.3 is 0 Å². The van der Waals surface area contributed by atoms with Gasteiger partial charge in [-0.05, 0) is 72.6 Å². The molecule has 0 spiro atoms. The van der Waals surface area contributed by atoms with Crippen LogP contribution in [0.3, 0.4) is 0 Å². The fourth-order valence-electron chi connectivity index (χ4n) is 3.14. The van der Waals surface area contributed by atoms with Crippen molar-refractivity contribution in [3.63, 3.8) is 0 Å². The lowest BCUT2D eigenvalue weighted by atomic mass is 9.91. The first-order valence-corrected chi connectivity index (χ1v) is 9.60. The minimum Gasteiger partial charge on any atom is -0.317 e. The smallest absolute Gasteiger partial charge is 0.0345 e. The number of thioether (sulfide) groups is 1. The molecule has 1 aromatic heterocycles. The standard InChI is InChI=1S/C17H23NS2/c1-18-15(10-13-6-8-19-9-7-13)11-14-12-20-17-5-3-2-4-16(14)17/h2-5,12-13,15,18H,6-11H2,1H3. The third kappa shape index (κ3) is 3.38. The molecular weight excluding hydrogens is 282 g/mol. The van der Waals surface area contributed by atoms with E-state index < -0.39 is 0 Å². The second kappa shape index (κ2) is 6.97. The highest BCUT2D eigenvalue weighted by atomic mass is 32.2. The number of hydrogen-bond acceptors (Lipinski definition) is 3. The van der Waals surface area contributed by atoms with E-state index in [2.05, 4.69) is 53.8 Å². The van der Waals surface area contributed by atoms with E-state index >= 15 is 0 Å². The molecule has 0 radical (unpaired) electrons. The summed E-state index contributed by atoms with van der Waals surface area (Å²) in [6, 6.07) is 9.42. The van der Waals surface area contributed by atoms with Gasteiger partial charge in [0.15, 0.2) is 0 Å². The quantitative estimate of drug-likeness (QED) is 0.868. The van der Waals surface area contributed by atoms with E-state index in [1.54, 1.807) is 0 Å². The molecule has 0 bridgehead atoms. The van der Waals surface area contributed by atoms with Gasteiger partial charge in [-0.15, -0.1) is 11.3 Å². The van der Waals surface area contributed by atoms with Crippen LogP contribution in [0.25, 0.3) is 10.1 Å². The molecule has 1 aromatic carbocycles. The number of nitrogens with one attached hydrogen (secondary N) is 1. The Morgan fingerprint density at radius 1 is 1.25 bits per heavy atom. The Labute approximate surface area is 130 Å². The van der Waals surface area contributed by atoms with Gasteiger partial charge in [0.25, 0.3) is 0 Å². The maximum absolute atomic E-state index is 3.55. The third-order valence-electron chi connectivity index (χ3n) is 4.39. The van der Waals surface area contributed by atoms with Crippen LogP contribution in [0.2, 0.25) is 0 Å². The van der Waals surface area contributed by atoms with Crippen LogP contribution < -0.4 is 5.32 Å². The highest BCUT2D eigenvalue weighted by Gasteiger charge is 2.19. The molecule has 0 aliphatic carbocycles. The fraction of sp³-hybridized carbons (Fsp3) is 0.529. The largest absolute Gasteiger partial charge is 0.317 e. The van der Waals surface area contributed by atoms with Gasteiger partial charge in [0, 0.05) is 10.7 Å². The number of likely N-dealkylation sites (N-methyl/N-ethyl adjacent to an activating group) is 1. The molecule has 1 atom stereocenters. The summed E-state index contributed by atoms with van der Waals surface area (Å²) in [6.45, 7) is 0. The minimum absolute atomic E-state index is 0.626. The molecule has 3 heteroatoms. The zero-order chi connectivity index (χ0) is 13.8. The van der Waals surface area contributed by atoms with Crippen LogP contribution in [-0.2, 0) is 6.42 Å². The summed E-state index contributed by atoms with van der Waals surface area (Å²) >= 11 is 4.00. The van der Waals surface area contributed by atoms with Crippen molar-refractivity contribution in [2.45, 2.75) is 31.7 Å². The summed E-state index contributed by atoms with van der Waals surface area (Å²) in [4.78, 5) is 0. The molecule has 0 amide bonds. The molecule has 1 N–H and O–H groups in total. The van der Waals surface area contributed by atoms with Crippen LogP contribution in [0.4, 0.5) is 0 Å². The first kappa shape index (κ1) is 14.4. The zero-order valence-electron chi connectivity index (χ0n) is 12.1. The molecule has 0 saturated carbocycles. The van der Waals surface area contributed by atoms with E-state index in [0.717, 1.165) is 5.92 Å². The average molecular weight is 306 g/mol. The number of thiophene rings is 1. The predicted octanol–water partition coefficient (Wildman–Crippen LogP) is 4.57. The maximum atomic E-state index is 3.55. The van der Waals surface area contributed by atoms with Crippen molar-refractivity contribution < 1.29 is 0 Å². The Morgan fingerprint density at radius 3 is 2.85 bits per heavy atom. The van der Waals surface area contributed by atoms with Crippen molar-refractivity contribution in [3.8, 4) is 0 Å². The van der Waals surface area contributed by atoms with Crippen LogP contribution in [0, 0.1) is 5.92 Å². The van der Waals surface area contributed by atoms with E-state index in [1.165, 1.54) is 52.8 Å². The van der Waals surface area contributed by atoms with Gasteiger partial charge in [-0.25, -0.2) is 0 Å². The SMILES string of the molecule is CNC(Cc1csc2ccccc12)CC1CCSCC1. The molecule has 108 valence electrons. The molecule has 2 aromatic rings. The Hall–Kier alpha value is -0.510. The first-order chi connectivity index (χ1) is 9.86. The number of benzene rings is 1. The second-order valence-electron chi connectivity index (χ2n) is 5.74. The van der Waals surface area contributed by atoms with Crippen molar-refractivity contribution in [2.24, 2.45) is 5.92 Å². The van der Waals surface area contributed by atoms with E-state index in [4.69, 9.17) is 0 Å². The Bertz CT molecular complexity index is 543. The summed E-state index contributed by atoms with van der Waals surface area (Å²) in [5.41, 5.74) is 1.52. The molecule has 1 nitrogen and oxygen atoms in total. The van der Waals surface area contributed by atoms with Crippen LogP contribution in [-0.4, -0.2) is 24.6 Å². The molecule has 3 rings (SSSR count). The predicted molar refractivity (Wildman–Crippen MR) is 93.0 cm³/mol. The van der Waals surface area contributed by atoms with Crippen LogP contribution in [0.1, 0.15) is 24.8 Å². The topological polar surface area (TPSA) is 12.0 Å². The van der Waals surface area contributed by atoms with Crippen molar-refractivity contribution in [3.05, 3.63) is 35.2 Å². The molecular formula is C17H23NS2. The van der Waals surface area contributed by atoms with Gasteiger partial charge in [-0.2, -0.15) is 11.8 Å². The van der Waals surface area contributed by atoms with Gasteiger partial charge in [-0.3, -0.25) is 0 Å². The molecule has 1 unspecified atom stereocenters. The van der Waals surface area contributed by atoms with Crippen molar-refractivity contribution in [2.75, 3.05) is 18.6 Å². The first-order valence-electron chi connectivity index (χ1n) is 7.57. The van der Waals surface area contributed by atoms with E-state index in [1.807, 2.05) is 11.3 Å². The lowest BCUT2D eigenvalue weighted by Crippen LogP contribution is -2.31. The number of hydrogen-bond donors (Lipinski definition) is 1. The third-order valence-corrected chi connectivity index (χ3v) is 6.46. The highest BCUT2D eigenvalue weighted by Crippen LogP contribution is 2.30. The lowest BCUT2D eigenvalue weighted by molar-refractivity contribution is 0.377. The Kier molecular flexibility index (Phi) is 5.03. The van der Waals surface area contributed by atoms with E-state index in [-0.39, 0.29) is 0 Å². The van der Waals surface area contributed by atoms with Crippen LogP contribution in [0.5, 0.6) is 0 Å². The summed E-state index contributed by atoms with van der Waals surface area (Å²) in [5, 5.41) is 7.36. The van der Waals surface area contributed by atoms with Crippen LogP contribution >= 0.6 is 23.1 Å². The van der Waals surface area contributed by atoms with Crippen LogP contribution in [0.15, 0.2) is 29.6 Å². The van der Waals surface area contributed by atoms with E-state index in [0.29, 0.717) is 6.04 Å². The summed E-state index contributed by atoms with van der Waals surface area (Å²) in [5.74, 6) is 3.66. The number of fused-ring (bicyclic) bond motifs is 1. The van der Waals surface area contributed by atoms with Gasteiger partial charge in [-0.1, -0.05) is 18.2 Å². The minimum atomic E-state index is 0.626. The van der Waals surface area contributed by atoms with Gasteiger partial charge < -0.3 is 5.32 Å². The highest BCUT2D eigenvalue weighted by molar-refractivity contribution is 7.99. The van der Waals surface area contributed by atoms with E-state index in [9.17, 15) is 0 Å². The second-order valence-corrected chi connectivity index (χ2v) is 7.87. The normalized spacial score (nSPS) is 18.4. The van der Waals surface area contributed by atoms with Gasteiger partial charge in [0.2, 0.25) is 0 Å². The fourth-order valence-corrected chi connectivity index (χ4v) is 5.32. The number of rotatable bonds is 5. The molecule has 1 saturated heterocycles. The van der Waals surface area contributed by atoms with Gasteiger partial charge in [0.1, 0.15) is 0 Å².